The van der Waals surface area contributed by atoms with Gasteiger partial charge in [-0.15, -0.1) is 0 Å². The molecule has 8 heteroatoms. The summed E-state index contributed by atoms with van der Waals surface area (Å²) >= 11 is 0. The Labute approximate surface area is 137 Å². The normalized spacial score (nSPS) is 11.9. The predicted molar refractivity (Wildman–Crippen MR) is 87.5 cm³/mol. The van der Waals surface area contributed by atoms with Crippen molar-refractivity contribution in [1.82, 2.24) is 15.2 Å². The maximum atomic E-state index is 10.7. The van der Waals surface area contributed by atoms with E-state index >= 15 is 0 Å². The summed E-state index contributed by atoms with van der Waals surface area (Å²) in [6, 6.07) is 12.9. The van der Waals surface area contributed by atoms with Gasteiger partial charge in [0.2, 0.25) is 0 Å². The van der Waals surface area contributed by atoms with Crippen molar-refractivity contribution in [3.63, 3.8) is 0 Å². The fourth-order valence-corrected chi connectivity index (χ4v) is 2.27. The number of nitro groups is 1. The highest BCUT2D eigenvalue weighted by Crippen LogP contribution is 2.24. The number of hydrogen-bond acceptors (Lipinski definition) is 6. The molecule has 3 N–H and O–H groups in total. The predicted octanol–water partition coefficient (Wildman–Crippen LogP) is 2.44. The number of nitrogens with one attached hydrogen (secondary N) is 1. The van der Waals surface area contributed by atoms with Gasteiger partial charge >= 0.3 is 0 Å². The van der Waals surface area contributed by atoms with Crippen LogP contribution < -0.4 is 10.5 Å². The highest BCUT2D eigenvalue weighted by Gasteiger charge is 2.16. The fraction of sp³-hybridized carbons (Fsp3) is 0.125. The summed E-state index contributed by atoms with van der Waals surface area (Å²) in [6.07, 6.45) is 0. The Morgan fingerprint density at radius 3 is 2.67 bits per heavy atom. The van der Waals surface area contributed by atoms with Crippen LogP contribution in [0.1, 0.15) is 17.4 Å². The quantitative estimate of drug-likeness (QED) is 0.549. The van der Waals surface area contributed by atoms with Gasteiger partial charge in [0.05, 0.1) is 18.1 Å². The Morgan fingerprint density at radius 1 is 1.25 bits per heavy atom. The number of aromatic amines is 1. The summed E-state index contributed by atoms with van der Waals surface area (Å²) in [6.45, 7) is 0. The van der Waals surface area contributed by atoms with Gasteiger partial charge in [-0.25, -0.2) is 4.98 Å². The fourth-order valence-electron chi connectivity index (χ4n) is 2.27. The number of benzene rings is 2. The molecule has 1 heterocycles. The van der Waals surface area contributed by atoms with Crippen LogP contribution in [-0.2, 0) is 0 Å². The lowest BCUT2D eigenvalue weighted by Gasteiger charge is -2.09. The van der Waals surface area contributed by atoms with Gasteiger partial charge in [-0.05, 0) is 29.8 Å². The smallest absolute Gasteiger partial charge is 0.269 e. The first-order valence-corrected chi connectivity index (χ1v) is 7.15. The van der Waals surface area contributed by atoms with Crippen molar-refractivity contribution in [2.24, 2.45) is 5.73 Å². The number of H-pyrrole nitrogens is 1. The van der Waals surface area contributed by atoms with Gasteiger partial charge in [0.1, 0.15) is 11.6 Å². The first-order chi connectivity index (χ1) is 11.6. The van der Waals surface area contributed by atoms with Crippen molar-refractivity contribution < 1.29 is 9.66 Å². The van der Waals surface area contributed by atoms with Crippen LogP contribution in [0.25, 0.3) is 11.4 Å². The zero-order chi connectivity index (χ0) is 17.1. The molecule has 0 radical (unpaired) electrons. The number of nitrogens with zero attached hydrogens (tertiary/aromatic N) is 3. The molecule has 0 fully saturated rings. The molecule has 0 aliphatic heterocycles. The van der Waals surface area contributed by atoms with Crippen molar-refractivity contribution in [1.29, 1.82) is 0 Å². The van der Waals surface area contributed by atoms with Gasteiger partial charge in [-0.1, -0.05) is 12.1 Å². The molecule has 1 aromatic heterocycles. The molecule has 0 amide bonds. The average molecular weight is 325 g/mol. The van der Waals surface area contributed by atoms with Crippen molar-refractivity contribution in [3.8, 4) is 17.1 Å². The summed E-state index contributed by atoms with van der Waals surface area (Å²) in [5, 5.41) is 17.6. The number of rotatable bonds is 5. The van der Waals surface area contributed by atoms with E-state index in [9.17, 15) is 10.1 Å². The van der Waals surface area contributed by atoms with Crippen molar-refractivity contribution in [2.75, 3.05) is 7.11 Å². The second kappa shape index (κ2) is 6.47. The summed E-state index contributed by atoms with van der Waals surface area (Å²) in [7, 11) is 1.59. The summed E-state index contributed by atoms with van der Waals surface area (Å²) in [5.74, 6) is 1.63. The third-order valence-electron chi connectivity index (χ3n) is 3.59. The van der Waals surface area contributed by atoms with Crippen LogP contribution in [0.15, 0.2) is 48.5 Å². The first kappa shape index (κ1) is 15.6. The summed E-state index contributed by atoms with van der Waals surface area (Å²) < 4.78 is 5.19. The number of ether oxygens (including phenoxy) is 1. The lowest BCUT2D eigenvalue weighted by molar-refractivity contribution is -0.384. The number of hydrogen-bond donors (Lipinski definition) is 2. The van der Waals surface area contributed by atoms with E-state index in [0.717, 1.165) is 5.56 Å². The van der Waals surface area contributed by atoms with Crippen molar-refractivity contribution in [2.45, 2.75) is 6.04 Å². The van der Waals surface area contributed by atoms with Gasteiger partial charge in [-0.2, -0.15) is 5.10 Å². The second-order valence-corrected chi connectivity index (χ2v) is 5.10. The maximum absolute atomic E-state index is 10.7. The van der Waals surface area contributed by atoms with Gasteiger partial charge in [0.15, 0.2) is 5.82 Å². The average Bonchev–Trinajstić information content (AvgIpc) is 3.11. The minimum atomic E-state index is -0.487. The number of nitro benzene ring substituents is 1. The Hall–Kier alpha value is -3.26. The molecule has 24 heavy (non-hydrogen) atoms. The van der Waals surface area contributed by atoms with Gasteiger partial charge < -0.3 is 10.5 Å². The highest BCUT2D eigenvalue weighted by molar-refractivity contribution is 5.57. The van der Waals surface area contributed by atoms with Gasteiger partial charge in [-0.3, -0.25) is 15.2 Å². The Morgan fingerprint density at radius 2 is 2.00 bits per heavy atom. The van der Waals surface area contributed by atoms with E-state index in [1.807, 2.05) is 24.3 Å². The van der Waals surface area contributed by atoms with Crippen LogP contribution in [-0.4, -0.2) is 27.2 Å². The lowest BCUT2D eigenvalue weighted by atomic mass is 10.1. The molecule has 122 valence electrons. The molecule has 2 aromatic carbocycles. The van der Waals surface area contributed by atoms with Crippen LogP contribution in [0.5, 0.6) is 5.75 Å². The monoisotopic (exact) mass is 325 g/mol. The van der Waals surface area contributed by atoms with Gasteiger partial charge in [0.25, 0.3) is 5.69 Å². The SMILES string of the molecule is COc1cccc([C@@H](N)c2nc(-c3ccc([N+](=O)[O-])cc3)n[nH]2)c1. The lowest BCUT2D eigenvalue weighted by Crippen LogP contribution is -2.13. The maximum Gasteiger partial charge on any atom is 0.269 e. The molecule has 0 aliphatic rings. The van der Waals surface area contributed by atoms with E-state index in [1.165, 1.54) is 12.1 Å². The molecule has 0 spiro atoms. The molecule has 0 bridgehead atoms. The Bertz CT molecular complexity index is 860. The van der Waals surface area contributed by atoms with E-state index in [2.05, 4.69) is 15.2 Å². The Balaban J connectivity index is 1.85. The third kappa shape index (κ3) is 3.08. The molecular weight excluding hydrogens is 310 g/mol. The second-order valence-electron chi connectivity index (χ2n) is 5.10. The first-order valence-electron chi connectivity index (χ1n) is 7.15. The zero-order valence-corrected chi connectivity index (χ0v) is 12.8. The molecule has 8 nitrogen and oxygen atoms in total. The van der Waals surface area contributed by atoms with Crippen LogP contribution in [0.3, 0.4) is 0 Å². The largest absolute Gasteiger partial charge is 0.497 e. The summed E-state index contributed by atoms with van der Waals surface area (Å²) in [4.78, 5) is 14.6. The highest BCUT2D eigenvalue weighted by atomic mass is 16.6. The van der Waals surface area contributed by atoms with E-state index in [0.29, 0.717) is 23.0 Å². The van der Waals surface area contributed by atoms with Crippen molar-refractivity contribution in [3.05, 3.63) is 70.0 Å². The molecule has 0 saturated heterocycles. The number of non-ortho nitro benzene ring substituents is 1. The van der Waals surface area contributed by atoms with Crippen LogP contribution in [0.4, 0.5) is 5.69 Å². The molecule has 1 atom stereocenters. The summed E-state index contributed by atoms with van der Waals surface area (Å²) in [5.41, 5.74) is 7.73. The van der Waals surface area contributed by atoms with E-state index in [-0.39, 0.29) is 5.69 Å². The number of aromatic nitrogens is 3. The molecule has 0 unspecified atom stereocenters. The van der Waals surface area contributed by atoms with E-state index < -0.39 is 11.0 Å². The molecular formula is C16H15N5O3. The van der Waals surface area contributed by atoms with Crippen molar-refractivity contribution >= 4 is 5.69 Å². The van der Waals surface area contributed by atoms with Crippen LogP contribution in [0, 0.1) is 10.1 Å². The van der Waals surface area contributed by atoms with E-state index in [4.69, 9.17) is 10.5 Å². The van der Waals surface area contributed by atoms with Crippen LogP contribution >= 0.6 is 0 Å². The van der Waals surface area contributed by atoms with Gasteiger partial charge in [0, 0.05) is 17.7 Å². The standard InChI is InChI=1S/C16H15N5O3/c1-24-13-4-2-3-11(9-13)14(17)16-18-15(19-20-16)10-5-7-12(8-6-10)21(22)23/h2-9,14H,17H2,1H3,(H,18,19,20)/t14-/m1/s1. The van der Waals surface area contributed by atoms with E-state index in [1.54, 1.807) is 19.2 Å². The molecule has 3 aromatic rings. The zero-order valence-electron chi connectivity index (χ0n) is 12.8. The third-order valence-corrected chi connectivity index (χ3v) is 3.59. The number of methoxy groups -OCH3 is 1. The van der Waals surface area contributed by atoms with Crippen LogP contribution in [0.2, 0.25) is 0 Å². The number of nitrogens with two attached hydrogens (primary N) is 1. The molecule has 0 saturated carbocycles. The molecule has 3 rings (SSSR count). The minimum absolute atomic E-state index is 0.0163. The molecule has 0 aliphatic carbocycles. The minimum Gasteiger partial charge on any atom is -0.497 e. The Kier molecular flexibility index (Phi) is 4.21. The topological polar surface area (TPSA) is 120 Å².